The van der Waals surface area contributed by atoms with Gasteiger partial charge in [0.25, 0.3) is 0 Å². The third-order valence-electron chi connectivity index (χ3n) is 5.58. The van der Waals surface area contributed by atoms with Crippen LogP contribution in [0.5, 0.6) is 0 Å². The first-order valence-electron chi connectivity index (χ1n) is 11.2. The van der Waals surface area contributed by atoms with Crippen LogP contribution >= 0.6 is 0 Å². The van der Waals surface area contributed by atoms with E-state index in [2.05, 4.69) is 22.5 Å². The monoisotopic (exact) mass is 423 g/mol. The maximum atomic E-state index is 13.0. The Morgan fingerprint density at radius 1 is 1.00 bits per heavy atom. The minimum absolute atomic E-state index is 0.140. The Hall–Kier alpha value is -2.86. The van der Waals surface area contributed by atoms with Gasteiger partial charge >= 0.3 is 6.09 Å². The molecule has 2 aromatic rings. The van der Waals surface area contributed by atoms with E-state index in [0.717, 1.165) is 50.0 Å². The van der Waals surface area contributed by atoms with Crippen molar-refractivity contribution in [1.82, 2.24) is 15.5 Å². The number of piperidine rings is 1. The molecule has 1 heterocycles. The number of ether oxygens (including phenoxy) is 1. The predicted molar refractivity (Wildman–Crippen MR) is 122 cm³/mol. The topological polar surface area (TPSA) is 70.7 Å². The molecule has 1 aliphatic rings. The summed E-state index contributed by atoms with van der Waals surface area (Å²) in [7, 11) is 0. The standard InChI is InChI=1S/C25H33N3O3/c1-2-15-28-16-13-22(14-17-28)26-24(29)23(18-20-9-5-3-6-10-20)27-25(30)31-19-21-11-7-4-8-12-21/h3-12,22-23H,2,13-19H2,1H3,(H,26,29)(H,27,30)/t23-/m0/s1. The lowest BCUT2D eigenvalue weighted by Crippen LogP contribution is -2.53. The Morgan fingerprint density at radius 3 is 2.23 bits per heavy atom. The molecular formula is C25H33N3O3. The van der Waals surface area contributed by atoms with E-state index in [4.69, 9.17) is 4.74 Å². The van der Waals surface area contributed by atoms with Crippen molar-refractivity contribution in [3.63, 3.8) is 0 Å². The SMILES string of the molecule is CCCN1CCC(NC(=O)[C@H](Cc2ccccc2)NC(=O)OCc2ccccc2)CC1. The number of carbonyl (C=O) groups excluding carboxylic acids is 2. The summed E-state index contributed by atoms with van der Waals surface area (Å²) in [6.07, 6.45) is 2.84. The summed E-state index contributed by atoms with van der Waals surface area (Å²) >= 11 is 0. The molecule has 0 bridgehead atoms. The molecule has 0 spiro atoms. The quantitative estimate of drug-likeness (QED) is 0.648. The third-order valence-corrected chi connectivity index (χ3v) is 5.58. The lowest BCUT2D eigenvalue weighted by atomic mass is 10.0. The van der Waals surface area contributed by atoms with Crippen LogP contribution in [0.2, 0.25) is 0 Å². The van der Waals surface area contributed by atoms with Crippen LogP contribution in [0.3, 0.4) is 0 Å². The summed E-state index contributed by atoms with van der Waals surface area (Å²) in [6.45, 7) is 5.45. The third kappa shape index (κ3) is 7.72. The van der Waals surface area contributed by atoms with Crippen molar-refractivity contribution in [2.75, 3.05) is 19.6 Å². The second kappa shape index (κ2) is 12.1. The first-order chi connectivity index (χ1) is 15.1. The van der Waals surface area contributed by atoms with Crippen molar-refractivity contribution in [3.8, 4) is 0 Å². The maximum Gasteiger partial charge on any atom is 0.408 e. The summed E-state index contributed by atoms with van der Waals surface area (Å²) in [5.41, 5.74) is 1.89. The molecule has 2 N–H and O–H groups in total. The minimum atomic E-state index is -0.681. The number of nitrogens with zero attached hydrogens (tertiary/aromatic N) is 1. The summed E-state index contributed by atoms with van der Waals surface area (Å²) in [5, 5.41) is 5.92. The molecule has 6 nitrogen and oxygen atoms in total. The molecular weight excluding hydrogens is 390 g/mol. The van der Waals surface area contributed by atoms with E-state index in [1.54, 1.807) is 0 Å². The fourth-order valence-electron chi connectivity index (χ4n) is 3.89. The fraction of sp³-hybridized carbons (Fsp3) is 0.440. The lowest BCUT2D eigenvalue weighted by molar-refractivity contribution is -0.124. The van der Waals surface area contributed by atoms with E-state index in [9.17, 15) is 9.59 Å². The summed E-state index contributed by atoms with van der Waals surface area (Å²) in [5.74, 6) is -0.158. The Balaban J connectivity index is 1.56. The van der Waals surface area contributed by atoms with Gasteiger partial charge in [0.1, 0.15) is 12.6 Å². The molecule has 0 unspecified atom stereocenters. The molecule has 166 valence electrons. The first-order valence-corrected chi connectivity index (χ1v) is 11.2. The van der Waals surface area contributed by atoms with Crippen molar-refractivity contribution < 1.29 is 14.3 Å². The second-order valence-corrected chi connectivity index (χ2v) is 8.07. The van der Waals surface area contributed by atoms with E-state index in [1.807, 2.05) is 60.7 Å². The van der Waals surface area contributed by atoms with E-state index in [0.29, 0.717) is 6.42 Å². The van der Waals surface area contributed by atoms with Crippen molar-refractivity contribution in [2.24, 2.45) is 0 Å². The normalized spacial score (nSPS) is 15.8. The van der Waals surface area contributed by atoms with Crippen LogP contribution < -0.4 is 10.6 Å². The molecule has 1 saturated heterocycles. The molecule has 1 fully saturated rings. The average Bonchev–Trinajstić information content (AvgIpc) is 2.80. The molecule has 0 aromatic heterocycles. The van der Waals surface area contributed by atoms with Gasteiger partial charge in [0, 0.05) is 25.6 Å². The van der Waals surface area contributed by atoms with Gasteiger partial charge in [0.15, 0.2) is 0 Å². The number of amides is 2. The predicted octanol–water partition coefficient (Wildman–Crippen LogP) is 3.51. The highest BCUT2D eigenvalue weighted by atomic mass is 16.5. The molecule has 0 aliphatic carbocycles. The molecule has 2 aromatic carbocycles. The number of benzene rings is 2. The zero-order chi connectivity index (χ0) is 21.9. The van der Waals surface area contributed by atoms with Crippen molar-refractivity contribution in [3.05, 3.63) is 71.8 Å². The van der Waals surface area contributed by atoms with Crippen LogP contribution in [0.15, 0.2) is 60.7 Å². The van der Waals surface area contributed by atoms with Gasteiger partial charge in [-0.3, -0.25) is 4.79 Å². The number of nitrogens with one attached hydrogen (secondary N) is 2. The highest BCUT2D eigenvalue weighted by Gasteiger charge is 2.26. The largest absolute Gasteiger partial charge is 0.445 e. The summed E-state index contributed by atoms with van der Waals surface area (Å²) < 4.78 is 5.34. The van der Waals surface area contributed by atoms with E-state index < -0.39 is 12.1 Å². The number of hydrogen-bond acceptors (Lipinski definition) is 4. The molecule has 6 heteroatoms. The summed E-state index contributed by atoms with van der Waals surface area (Å²) in [6, 6.07) is 18.7. The zero-order valence-corrected chi connectivity index (χ0v) is 18.3. The number of rotatable bonds is 9. The minimum Gasteiger partial charge on any atom is -0.445 e. The van der Waals surface area contributed by atoms with Gasteiger partial charge in [-0.1, -0.05) is 67.6 Å². The number of alkyl carbamates (subject to hydrolysis) is 1. The Morgan fingerprint density at radius 2 is 1.61 bits per heavy atom. The molecule has 1 aliphatic heterocycles. The van der Waals surface area contributed by atoms with Gasteiger partial charge in [-0.25, -0.2) is 4.79 Å². The molecule has 1 atom stereocenters. The van der Waals surface area contributed by atoms with Gasteiger partial charge in [-0.15, -0.1) is 0 Å². The zero-order valence-electron chi connectivity index (χ0n) is 18.3. The van der Waals surface area contributed by atoms with Gasteiger partial charge in [0.05, 0.1) is 0 Å². The van der Waals surface area contributed by atoms with Gasteiger partial charge < -0.3 is 20.3 Å². The van der Waals surface area contributed by atoms with Crippen LogP contribution in [0.25, 0.3) is 0 Å². The molecule has 3 rings (SSSR count). The highest BCUT2D eigenvalue weighted by molar-refractivity contribution is 5.86. The first kappa shape index (κ1) is 22.8. The van der Waals surface area contributed by atoms with Crippen molar-refractivity contribution in [1.29, 1.82) is 0 Å². The van der Waals surface area contributed by atoms with Crippen LogP contribution in [0.1, 0.15) is 37.3 Å². The lowest BCUT2D eigenvalue weighted by Gasteiger charge is -2.33. The Kier molecular flexibility index (Phi) is 8.91. The Labute approximate surface area is 185 Å². The smallest absolute Gasteiger partial charge is 0.408 e. The molecule has 31 heavy (non-hydrogen) atoms. The highest BCUT2D eigenvalue weighted by Crippen LogP contribution is 2.12. The van der Waals surface area contributed by atoms with E-state index in [1.165, 1.54) is 0 Å². The van der Waals surface area contributed by atoms with Crippen molar-refractivity contribution >= 4 is 12.0 Å². The van der Waals surface area contributed by atoms with E-state index >= 15 is 0 Å². The number of carbonyl (C=O) groups is 2. The fourth-order valence-corrected chi connectivity index (χ4v) is 3.89. The number of hydrogen-bond donors (Lipinski definition) is 2. The molecule has 2 amide bonds. The maximum absolute atomic E-state index is 13.0. The van der Waals surface area contributed by atoms with E-state index in [-0.39, 0.29) is 18.6 Å². The van der Waals surface area contributed by atoms with Crippen LogP contribution in [0, 0.1) is 0 Å². The average molecular weight is 424 g/mol. The van der Waals surface area contributed by atoms with Crippen LogP contribution in [-0.2, 0) is 22.6 Å². The molecule has 0 radical (unpaired) electrons. The van der Waals surface area contributed by atoms with Gasteiger partial charge in [-0.05, 0) is 36.9 Å². The second-order valence-electron chi connectivity index (χ2n) is 8.07. The van der Waals surface area contributed by atoms with Crippen LogP contribution in [-0.4, -0.2) is 48.6 Å². The van der Waals surface area contributed by atoms with Crippen LogP contribution in [0.4, 0.5) is 4.79 Å². The number of likely N-dealkylation sites (tertiary alicyclic amines) is 1. The summed E-state index contributed by atoms with van der Waals surface area (Å²) in [4.78, 5) is 27.9. The Bertz CT molecular complexity index is 805. The van der Waals surface area contributed by atoms with Crippen molar-refractivity contribution in [2.45, 2.75) is 51.3 Å². The van der Waals surface area contributed by atoms with Gasteiger partial charge in [0.2, 0.25) is 5.91 Å². The molecule has 0 saturated carbocycles. The van der Waals surface area contributed by atoms with Gasteiger partial charge in [-0.2, -0.15) is 0 Å².